The van der Waals surface area contributed by atoms with Crippen molar-refractivity contribution in [3.63, 3.8) is 0 Å². The third kappa shape index (κ3) is 8.07. The molecule has 3 heterocycles. The van der Waals surface area contributed by atoms with Gasteiger partial charge in [0.25, 0.3) is 5.91 Å². The predicted octanol–water partition coefficient (Wildman–Crippen LogP) is 6.69. The van der Waals surface area contributed by atoms with Crippen molar-refractivity contribution in [3.05, 3.63) is 46.9 Å². The Bertz CT molecular complexity index is 1500. The van der Waals surface area contributed by atoms with Crippen molar-refractivity contribution >= 4 is 25.7 Å². The van der Waals surface area contributed by atoms with E-state index in [0.717, 1.165) is 37.4 Å². The summed E-state index contributed by atoms with van der Waals surface area (Å²) in [6.45, 7) is 17.8. The molecule has 1 aliphatic carbocycles. The number of aromatic nitrogens is 5. The number of nitrogens with one attached hydrogen (secondary N) is 1. The van der Waals surface area contributed by atoms with E-state index < -0.39 is 25.8 Å². The maximum atomic E-state index is 15.7. The minimum Gasteiger partial charge on any atom is -0.364 e. The molecule has 12 heteroatoms. The van der Waals surface area contributed by atoms with Crippen molar-refractivity contribution in [1.29, 1.82) is 0 Å². The Morgan fingerprint density at radius 1 is 1.18 bits per heavy atom. The number of anilines is 1. The SMILES string of the molecule is CCc1c(-c2ccc(NC(=O)[C@H](c3cnn(C(C)C)c3C(N)=O)C3CCC(C)CC3)nc2F)c(C)nn1COCC[Si](C)(C)C. The molecular formula is C33H50FN7O3Si. The van der Waals surface area contributed by atoms with Gasteiger partial charge < -0.3 is 15.8 Å². The number of rotatable bonds is 13. The van der Waals surface area contributed by atoms with E-state index in [-0.39, 0.29) is 29.4 Å². The molecule has 0 aliphatic heterocycles. The maximum Gasteiger partial charge on any atom is 0.267 e. The van der Waals surface area contributed by atoms with Crippen LogP contribution in [0, 0.1) is 24.7 Å². The topological polar surface area (TPSA) is 130 Å². The van der Waals surface area contributed by atoms with E-state index in [1.807, 2.05) is 27.7 Å². The van der Waals surface area contributed by atoms with Gasteiger partial charge in [0.15, 0.2) is 0 Å². The molecule has 1 saturated carbocycles. The average Bonchev–Trinajstić information content (AvgIpc) is 3.53. The van der Waals surface area contributed by atoms with Crippen molar-refractivity contribution in [2.45, 2.75) is 111 Å². The highest BCUT2D eigenvalue weighted by atomic mass is 28.3. The van der Waals surface area contributed by atoms with Gasteiger partial charge in [-0.15, -0.1) is 0 Å². The van der Waals surface area contributed by atoms with E-state index in [2.05, 4.69) is 47.1 Å². The van der Waals surface area contributed by atoms with Crippen LogP contribution in [0.3, 0.4) is 0 Å². The molecule has 0 radical (unpaired) electrons. The lowest BCUT2D eigenvalue weighted by Gasteiger charge is -2.32. The molecule has 0 aromatic carbocycles. The summed E-state index contributed by atoms with van der Waals surface area (Å²) in [5.74, 6) is -1.69. The Balaban J connectivity index is 1.60. The number of hydrogen-bond donors (Lipinski definition) is 2. The Kier molecular flexibility index (Phi) is 11.0. The Labute approximate surface area is 267 Å². The molecule has 246 valence electrons. The second-order valence-corrected chi connectivity index (χ2v) is 19.6. The number of aryl methyl sites for hydroxylation is 1. The molecule has 1 atom stereocenters. The van der Waals surface area contributed by atoms with Crippen LogP contribution in [-0.4, -0.2) is 51.0 Å². The fourth-order valence-electron chi connectivity index (χ4n) is 6.35. The van der Waals surface area contributed by atoms with Gasteiger partial charge in [-0.3, -0.25) is 14.3 Å². The van der Waals surface area contributed by atoms with Crippen LogP contribution in [0.15, 0.2) is 18.3 Å². The minimum atomic E-state index is -1.22. The van der Waals surface area contributed by atoms with Crippen molar-refractivity contribution in [2.24, 2.45) is 17.6 Å². The molecule has 0 bridgehead atoms. The van der Waals surface area contributed by atoms with E-state index in [4.69, 9.17) is 10.5 Å². The van der Waals surface area contributed by atoms with Crippen LogP contribution < -0.4 is 11.1 Å². The predicted molar refractivity (Wildman–Crippen MR) is 177 cm³/mol. The number of carbonyl (C=O) groups is 2. The lowest BCUT2D eigenvalue weighted by atomic mass is 9.73. The number of ether oxygens (including phenoxy) is 1. The monoisotopic (exact) mass is 639 g/mol. The number of carbonyl (C=O) groups excluding carboxylic acids is 2. The normalized spacial score (nSPS) is 17.9. The number of amides is 2. The van der Waals surface area contributed by atoms with Crippen molar-refractivity contribution in [3.8, 4) is 11.1 Å². The first-order valence-electron chi connectivity index (χ1n) is 16.2. The van der Waals surface area contributed by atoms with Crippen LogP contribution in [0.25, 0.3) is 11.1 Å². The molecule has 0 saturated heterocycles. The summed E-state index contributed by atoms with van der Waals surface area (Å²) in [6.07, 6.45) is 5.85. The van der Waals surface area contributed by atoms with Crippen molar-refractivity contribution < 1.29 is 18.7 Å². The molecule has 0 spiro atoms. The first-order valence-corrected chi connectivity index (χ1v) is 19.9. The summed E-state index contributed by atoms with van der Waals surface area (Å²) in [6, 6.07) is 4.19. The van der Waals surface area contributed by atoms with E-state index >= 15 is 4.39 Å². The smallest absolute Gasteiger partial charge is 0.267 e. The van der Waals surface area contributed by atoms with Gasteiger partial charge >= 0.3 is 0 Å². The largest absolute Gasteiger partial charge is 0.364 e. The van der Waals surface area contributed by atoms with E-state index in [9.17, 15) is 9.59 Å². The number of hydrogen-bond acceptors (Lipinski definition) is 6. The molecule has 3 aromatic heterocycles. The molecule has 0 unspecified atom stereocenters. The van der Waals surface area contributed by atoms with Gasteiger partial charge in [0.2, 0.25) is 11.9 Å². The lowest BCUT2D eigenvalue weighted by Crippen LogP contribution is -2.32. The van der Waals surface area contributed by atoms with Crippen LogP contribution in [0.1, 0.15) is 92.8 Å². The minimum absolute atomic E-state index is 0.0122. The van der Waals surface area contributed by atoms with Crippen LogP contribution in [-0.2, 0) is 22.7 Å². The molecular weight excluding hydrogens is 589 g/mol. The number of pyridine rings is 1. The third-order valence-corrected chi connectivity index (χ3v) is 10.5. The highest BCUT2D eigenvalue weighted by Gasteiger charge is 2.37. The van der Waals surface area contributed by atoms with Gasteiger partial charge in [-0.2, -0.15) is 14.6 Å². The molecule has 45 heavy (non-hydrogen) atoms. The van der Waals surface area contributed by atoms with Gasteiger partial charge in [-0.1, -0.05) is 46.3 Å². The molecule has 3 N–H and O–H groups in total. The summed E-state index contributed by atoms with van der Waals surface area (Å²) in [4.78, 5) is 30.7. The van der Waals surface area contributed by atoms with Crippen LogP contribution in [0.2, 0.25) is 25.7 Å². The van der Waals surface area contributed by atoms with Crippen molar-refractivity contribution in [1.82, 2.24) is 24.5 Å². The van der Waals surface area contributed by atoms with Gasteiger partial charge in [0.1, 0.15) is 18.2 Å². The Morgan fingerprint density at radius 2 is 1.87 bits per heavy atom. The first kappa shape index (κ1) is 34.5. The second-order valence-electron chi connectivity index (χ2n) is 14.0. The summed E-state index contributed by atoms with van der Waals surface area (Å²) < 4.78 is 25.0. The van der Waals surface area contributed by atoms with Crippen molar-refractivity contribution in [2.75, 3.05) is 11.9 Å². The number of primary amides is 1. The quantitative estimate of drug-likeness (QED) is 0.122. The van der Waals surface area contributed by atoms with Crippen LogP contribution in [0.5, 0.6) is 0 Å². The van der Waals surface area contributed by atoms with E-state index in [1.54, 1.807) is 27.7 Å². The molecule has 1 aliphatic rings. The molecule has 4 rings (SSSR count). The maximum absolute atomic E-state index is 15.7. The lowest BCUT2D eigenvalue weighted by molar-refractivity contribution is -0.119. The second kappa shape index (κ2) is 14.4. The zero-order chi connectivity index (χ0) is 33.1. The highest BCUT2D eigenvalue weighted by Crippen LogP contribution is 2.40. The Morgan fingerprint density at radius 3 is 2.44 bits per heavy atom. The fraction of sp³-hybridized carbons (Fsp3) is 0.606. The summed E-state index contributed by atoms with van der Waals surface area (Å²) in [5.41, 5.74) is 9.12. The van der Waals surface area contributed by atoms with Crippen LogP contribution in [0.4, 0.5) is 10.2 Å². The number of halogens is 1. The molecule has 1 fully saturated rings. The summed E-state index contributed by atoms with van der Waals surface area (Å²) in [7, 11) is -1.22. The van der Waals surface area contributed by atoms with E-state index in [0.29, 0.717) is 48.1 Å². The zero-order valence-electron chi connectivity index (χ0n) is 28.1. The Hall–Kier alpha value is -3.38. The average molecular weight is 640 g/mol. The number of nitrogens with zero attached hydrogens (tertiary/aromatic N) is 5. The zero-order valence-corrected chi connectivity index (χ0v) is 29.1. The van der Waals surface area contributed by atoms with E-state index in [1.165, 1.54) is 0 Å². The van der Waals surface area contributed by atoms with Gasteiger partial charge in [0.05, 0.1) is 17.8 Å². The van der Waals surface area contributed by atoms with Gasteiger partial charge in [-0.25, -0.2) is 9.67 Å². The highest BCUT2D eigenvalue weighted by molar-refractivity contribution is 6.76. The molecule has 2 amide bonds. The van der Waals surface area contributed by atoms with Gasteiger partial charge in [-0.05, 0) is 70.0 Å². The molecule has 10 nitrogen and oxygen atoms in total. The third-order valence-electron chi connectivity index (χ3n) is 8.84. The first-order chi connectivity index (χ1) is 21.2. The number of nitrogens with two attached hydrogens (primary N) is 1. The van der Waals surface area contributed by atoms with Gasteiger partial charge in [0, 0.05) is 43.1 Å². The summed E-state index contributed by atoms with van der Waals surface area (Å²) in [5, 5.41) is 11.9. The fourth-order valence-corrected chi connectivity index (χ4v) is 7.10. The standard InChI is InChI=1S/C33H50FN7O3Si/c1-9-26-28(22(5)39-40(26)19-44-16-17-45(6,7)8)24-14-15-27(37-31(24)34)38-33(43)29(23-12-10-21(4)11-13-23)25-18-36-41(20(2)3)30(25)32(35)42/h14-15,18,20-21,23,29H,9-13,16-17,19H2,1-8H3,(H2,35,42)(H,37,38,43)/t21?,23?,29-/m0/s1. The summed E-state index contributed by atoms with van der Waals surface area (Å²) >= 11 is 0. The van der Waals surface area contributed by atoms with Crippen LogP contribution >= 0.6 is 0 Å². The molecule has 3 aromatic rings.